The van der Waals surface area contributed by atoms with E-state index >= 15 is 0 Å². The number of carbonyl (C=O) groups is 1. The van der Waals surface area contributed by atoms with Gasteiger partial charge in [0.05, 0.1) is 12.5 Å². The lowest BCUT2D eigenvalue weighted by molar-refractivity contribution is -0.141. The summed E-state index contributed by atoms with van der Waals surface area (Å²) >= 11 is 0. The predicted octanol–water partition coefficient (Wildman–Crippen LogP) is 3.54. The van der Waals surface area contributed by atoms with Crippen molar-refractivity contribution in [3.63, 3.8) is 0 Å². The van der Waals surface area contributed by atoms with Crippen LogP contribution in [0.25, 0.3) is 0 Å². The first-order chi connectivity index (χ1) is 18.4. The highest BCUT2D eigenvalue weighted by Crippen LogP contribution is 2.21. The third-order valence-corrected chi connectivity index (χ3v) is 6.71. The molecule has 2 N–H and O–H groups in total. The molecular weight excluding hydrogens is 482 g/mol. The van der Waals surface area contributed by atoms with Crippen LogP contribution in [0.5, 0.6) is 5.75 Å². The Labute approximate surface area is 224 Å². The number of aromatic nitrogens is 3. The molecule has 1 fully saturated rings. The van der Waals surface area contributed by atoms with Crippen molar-refractivity contribution < 1.29 is 14.6 Å². The number of aliphatic carboxylic acids is 1. The fraction of sp³-hybridized carbons (Fsp3) is 0.429. The zero-order valence-corrected chi connectivity index (χ0v) is 22.4. The van der Waals surface area contributed by atoms with Crippen molar-refractivity contribution in [2.45, 2.75) is 19.8 Å². The monoisotopic (exact) mass is 519 g/mol. The molecule has 4 rings (SSSR count). The van der Waals surface area contributed by atoms with Crippen molar-refractivity contribution in [3.8, 4) is 5.75 Å². The Bertz CT molecular complexity index is 1170. The van der Waals surface area contributed by atoms with Gasteiger partial charge in [0.1, 0.15) is 12.4 Å². The number of piperazine rings is 1. The standard InChI is InChI=1S/C28H37N7O3/c1-4-22(25(36)37)20-21-10-12-24(13-11-21)38-19-18-34(3)27-30-26(29-23-8-6-5-7-9-23)31-28(32-27)35-16-14-33(2)15-17-35/h5-13,22H,4,14-20H2,1-3H3,(H,36,37)(H,29,30,31,32). The number of carboxylic acid groups (broad SMARTS) is 1. The number of carboxylic acids is 1. The van der Waals surface area contributed by atoms with Gasteiger partial charge in [-0.25, -0.2) is 0 Å². The number of anilines is 4. The van der Waals surface area contributed by atoms with Crippen LogP contribution < -0.4 is 19.9 Å². The number of nitrogens with zero attached hydrogens (tertiary/aromatic N) is 6. The highest BCUT2D eigenvalue weighted by atomic mass is 16.5. The number of hydrogen-bond donors (Lipinski definition) is 2. The maximum Gasteiger partial charge on any atom is 0.306 e. The lowest BCUT2D eigenvalue weighted by atomic mass is 9.97. The molecule has 2 aromatic carbocycles. The Hall–Kier alpha value is -3.92. The number of benzene rings is 2. The molecule has 1 saturated heterocycles. The van der Waals surface area contributed by atoms with Gasteiger partial charge < -0.3 is 29.9 Å². The molecule has 1 aromatic heterocycles. The Morgan fingerprint density at radius 3 is 2.42 bits per heavy atom. The van der Waals surface area contributed by atoms with Crippen LogP contribution >= 0.6 is 0 Å². The molecule has 0 amide bonds. The van der Waals surface area contributed by atoms with E-state index in [1.165, 1.54) is 0 Å². The van der Waals surface area contributed by atoms with Crippen molar-refractivity contribution in [1.82, 2.24) is 19.9 Å². The molecule has 0 radical (unpaired) electrons. The molecule has 1 unspecified atom stereocenters. The van der Waals surface area contributed by atoms with Crippen LogP contribution in [-0.4, -0.2) is 84.4 Å². The fourth-order valence-electron chi connectivity index (χ4n) is 4.19. The van der Waals surface area contributed by atoms with E-state index in [1.54, 1.807) is 0 Å². The fourth-order valence-corrected chi connectivity index (χ4v) is 4.19. The number of nitrogens with one attached hydrogen (secondary N) is 1. The van der Waals surface area contributed by atoms with Gasteiger partial charge in [0, 0.05) is 38.9 Å². The molecule has 0 spiro atoms. The summed E-state index contributed by atoms with van der Waals surface area (Å²) in [6.45, 7) is 6.56. The molecule has 10 nitrogen and oxygen atoms in total. The summed E-state index contributed by atoms with van der Waals surface area (Å²) in [5, 5.41) is 12.6. The first-order valence-electron chi connectivity index (χ1n) is 13.1. The molecular formula is C28H37N7O3. The minimum Gasteiger partial charge on any atom is -0.492 e. The second kappa shape index (κ2) is 13.0. The summed E-state index contributed by atoms with van der Waals surface area (Å²) < 4.78 is 5.96. The van der Waals surface area contributed by atoms with Crippen LogP contribution in [0.1, 0.15) is 18.9 Å². The third-order valence-electron chi connectivity index (χ3n) is 6.71. The normalized spacial score (nSPS) is 14.7. The average molecular weight is 520 g/mol. The third kappa shape index (κ3) is 7.55. The first-order valence-corrected chi connectivity index (χ1v) is 13.1. The van der Waals surface area contributed by atoms with Crippen LogP contribution in [0.15, 0.2) is 54.6 Å². The van der Waals surface area contributed by atoms with Gasteiger partial charge in [-0.05, 0) is 49.7 Å². The maximum absolute atomic E-state index is 11.3. The van der Waals surface area contributed by atoms with E-state index in [1.807, 2.05) is 73.5 Å². The summed E-state index contributed by atoms with van der Waals surface area (Å²) in [5.41, 5.74) is 1.90. The smallest absolute Gasteiger partial charge is 0.306 e. The lowest BCUT2D eigenvalue weighted by Gasteiger charge is -2.32. The highest BCUT2D eigenvalue weighted by Gasteiger charge is 2.20. The van der Waals surface area contributed by atoms with E-state index in [4.69, 9.17) is 14.7 Å². The van der Waals surface area contributed by atoms with E-state index in [9.17, 15) is 9.90 Å². The SMILES string of the molecule is CCC(Cc1ccc(OCCN(C)c2nc(Nc3ccccc3)nc(N3CCN(C)CC3)n2)cc1)C(=O)O. The van der Waals surface area contributed by atoms with E-state index < -0.39 is 5.97 Å². The molecule has 0 bridgehead atoms. The van der Waals surface area contributed by atoms with E-state index in [-0.39, 0.29) is 5.92 Å². The zero-order valence-electron chi connectivity index (χ0n) is 22.4. The Morgan fingerprint density at radius 2 is 1.76 bits per heavy atom. The highest BCUT2D eigenvalue weighted by molar-refractivity contribution is 5.70. The van der Waals surface area contributed by atoms with Gasteiger partial charge in [-0.15, -0.1) is 0 Å². The molecule has 1 atom stereocenters. The first kappa shape index (κ1) is 27.1. The number of para-hydroxylation sites is 1. The molecule has 0 saturated carbocycles. The summed E-state index contributed by atoms with van der Waals surface area (Å²) in [5.74, 6) is 1.36. The van der Waals surface area contributed by atoms with Gasteiger partial charge in [-0.2, -0.15) is 15.0 Å². The van der Waals surface area contributed by atoms with E-state index in [0.717, 1.165) is 43.2 Å². The molecule has 38 heavy (non-hydrogen) atoms. The Kier molecular flexibility index (Phi) is 9.31. The van der Waals surface area contributed by atoms with Gasteiger partial charge in [0.25, 0.3) is 0 Å². The molecule has 1 aliphatic heterocycles. The molecule has 3 aromatic rings. The number of ether oxygens (including phenoxy) is 1. The van der Waals surface area contributed by atoms with Crippen LogP contribution in [0.4, 0.5) is 23.5 Å². The van der Waals surface area contributed by atoms with Gasteiger partial charge >= 0.3 is 5.97 Å². The molecule has 0 aliphatic carbocycles. The van der Waals surface area contributed by atoms with E-state index in [0.29, 0.717) is 43.8 Å². The Balaban J connectivity index is 1.40. The minimum absolute atomic E-state index is 0.368. The second-order valence-electron chi connectivity index (χ2n) is 9.60. The summed E-state index contributed by atoms with van der Waals surface area (Å²) in [4.78, 5) is 31.9. The van der Waals surface area contributed by atoms with Gasteiger partial charge in [-0.3, -0.25) is 4.79 Å². The molecule has 202 valence electrons. The van der Waals surface area contributed by atoms with Crippen LogP contribution in [0, 0.1) is 5.92 Å². The maximum atomic E-state index is 11.3. The van der Waals surface area contributed by atoms with Gasteiger partial charge in [-0.1, -0.05) is 37.3 Å². The van der Waals surface area contributed by atoms with Crippen molar-refractivity contribution in [1.29, 1.82) is 0 Å². The zero-order chi connectivity index (χ0) is 26.9. The summed E-state index contributed by atoms with van der Waals surface area (Å²) in [6.07, 6.45) is 1.12. The van der Waals surface area contributed by atoms with E-state index in [2.05, 4.69) is 27.1 Å². The van der Waals surface area contributed by atoms with Gasteiger partial charge in [0.15, 0.2) is 0 Å². The summed E-state index contributed by atoms with van der Waals surface area (Å²) in [7, 11) is 4.07. The average Bonchev–Trinajstić information content (AvgIpc) is 2.93. The van der Waals surface area contributed by atoms with Crippen molar-refractivity contribution in [2.75, 3.05) is 68.5 Å². The number of rotatable bonds is 12. The van der Waals surface area contributed by atoms with Crippen molar-refractivity contribution >= 4 is 29.5 Å². The second-order valence-corrected chi connectivity index (χ2v) is 9.60. The number of hydrogen-bond acceptors (Lipinski definition) is 9. The lowest BCUT2D eigenvalue weighted by Crippen LogP contribution is -2.45. The number of likely N-dealkylation sites (N-methyl/N-ethyl adjacent to an activating group) is 2. The molecule has 10 heteroatoms. The quantitative estimate of drug-likeness (QED) is 0.369. The van der Waals surface area contributed by atoms with Gasteiger partial charge in [0.2, 0.25) is 17.8 Å². The Morgan fingerprint density at radius 1 is 1.05 bits per heavy atom. The molecule has 2 heterocycles. The largest absolute Gasteiger partial charge is 0.492 e. The predicted molar refractivity (Wildman–Crippen MR) is 150 cm³/mol. The van der Waals surface area contributed by atoms with Crippen LogP contribution in [0.2, 0.25) is 0 Å². The minimum atomic E-state index is -0.757. The summed E-state index contributed by atoms with van der Waals surface area (Å²) in [6, 6.07) is 17.5. The molecule has 1 aliphatic rings. The van der Waals surface area contributed by atoms with Crippen LogP contribution in [0.3, 0.4) is 0 Å². The van der Waals surface area contributed by atoms with Crippen molar-refractivity contribution in [3.05, 3.63) is 60.2 Å². The van der Waals surface area contributed by atoms with Crippen LogP contribution in [-0.2, 0) is 11.2 Å². The van der Waals surface area contributed by atoms with Crippen molar-refractivity contribution in [2.24, 2.45) is 5.92 Å². The topological polar surface area (TPSA) is 107 Å².